The van der Waals surface area contributed by atoms with Crippen LogP contribution in [0.4, 0.5) is 15.5 Å². The first-order chi connectivity index (χ1) is 15.4. The van der Waals surface area contributed by atoms with Crippen LogP contribution in [-0.2, 0) is 15.3 Å². The molecular formula is C21H24ClN3O6S2. The van der Waals surface area contributed by atoms with Gasteiger partial charge < -0.3 is 19.7 Å². The van der Waals surface area contributed by atoms with Crippen molar-refractivity contribution in [3.8, 4) is 11.5 Å². The van der Waals surface area contributed by atoms with E-state index in [-0.39, 0.29) is 47.7 Å². The van der Waals surface area contributed by atoms with Crippen LogP contribution in [0, 0.1) is 0 Å². The van der Waals surface area contributed by atoms with Gasteiger partial charge >= 0.3 is 6.03 Å². The number of carbonyl (C=O) groups is 2. The summed E-state index contributed by atoms with van der Waals surface area (Å²) in [7, 11) is -3.12. The Bertz CT molecular complexity index is 1210. The topological polar surface area (TPSA) is 114 Å². The van der Waals surface area contributed by atoms with Crippen LogP contribution < -0.4 is 20.1 Å². The van der Waals surface area contributed by atoms with E-state index in [4.69, 9.17) is 21.1 Å². The lowest BCUT2D eigenvalue weighted by Gasteiger charge is -2.26. The maximum atomic E-state index is 13.2. The molecule has 3 heterocycles. The van der Waals surface area contributed by atoms with Gasteiger partial charge in [-0.15, -0.1) is 11.3 Å². The van der Waals surface area contributed by atoms with E-state index in [1.165, 1.54) is 16.2 Å². The molecule has 0 aliphatic carbocycles. The summed E-state index contributed by atoms with van der Waals surface area (Å²) in [5.74, 6) is 0.405. The predicted molar refractivity (Wildman–Crippen MR) is 128 cm³/mol. The van der Waals surface area contributed by atoms with Gasteiger partial charge in [-0.3, -0.25) is 10.1 Å². The van der Waals surface area contributed by atoms with E-state index in [1.54, 1.807) is 18.2 Å². The van der Waals surface area contributed by atoms with E-state index in [2.05, 4.69) is 10.6 Å². The molecule has 0 radical (unpaired) electrons. The number of ether oxygens (including phenoxy) is 2. The quantitative estimate of drug-likeness (QED) is 0.642. The van der Waals surface area contributed by atoms with Gasteiger partial charge in [0.15, 0.2) is 21.3 Å². The lowest BCUT2D eigenvalue weighted by atomic mass is 9.94. The van der Waals surface area contributed by atoms with E-state index in [0.29, 0.717) is 27.8 Å². The molecule has 12 heteroatoms. The molecule has 2 aliphatic heterocycles. The molecule has 2 aliphatic rings. The maximum Gasteiger partial charge on any atom is 0.324 e. The second-order valence-corrected chi connectivity index (χ2v) is 12.5. The van der Waals surface area contributed by atoms with Gasteiger partial charge in [-0.2, -0.15) is 0 Å². The number of hydrogen-bond acceptors (Lipinski definition) is 7. The van der Waals surface area contributed by atoms with Crippen LogP contribution in [0.2, 0.25) is 5.02 Å². The Kier molecular flexibility index (Phi) is 6.23. The third-order valence-electron chi connectivity index (χ3n) is 5.29. The number of anilines is 2. The van der Waals surface area contributed by atoms with Crippen molar-refractivity contribution in [2.24, 2.45) is 0 Å². The van der Waals surface area contributed by atoms with Crippen molar-refractivity contribution in [2.75, 3.05) is 42.0 Å². The minimum absolute atomic E-state index is 0.0543. The zero-order chi connectivity index (χ0) is 24.0. The number of nitrogens with zero attached hydrogens (tertiary/aromatic N) is 1. The molecule has 9 nitrogen and oxygen atoms in total. The fraction of sp³-hybridized carbons (Fsp3) is 0.429. The van der Waals surface area contributed by atoms with Crippen molar-refractivity contribution in [2.45, 2.75) is 26.2 Å². The lowest BCUT2D eigenvalue weighted by molar-refractivity contribution is 0.0771. The molecule has 3 amide bonds. The molecule has 1 aromatic carbocycles. The first kappa shape index (κ1) is 23.7. The van der Waals surface area contributed by atoms with Crippen LogP contribution in [0.25, 0.3) is 0 Å². The zero-order valence-corrected chi connectivity index (χ0v) is 20.7. The lowest BCUT2D eigenvalue weighted by Crippen LogP contribution is -2.43. The van der Waals surface area contributed by atoms with Gasteiger partial charge in [0.2, 0.25) is 6.79 Å². The monoisotopic (exact) mass is 513 g/mol. The third kappa shape index (κ3) is 5.04. The highest BCUT2D eigenvalue weighted by Crippen LogP contribution is 2.43. The van der Waals surface area contributed by atoms with Crippen molar-refractivity contribution >= 4 is 55.4 Å². The molecule has 1 saturated heterocycles. The van der Waals surface area contributed by atoms with E-state index in [0.717, 1.165) is 4.88 Å². The third-order valence-corrected chi connectivity index (χ3v) is 8.75. The minimum Gasteiger partial charge on any atom is -0.454 e. The van der Waals surface area contributed by atoms with Gasteiger partial charge in [0, 0.05) is 18.0 Å². The molecule has 1 fully saturated rings. The molecule has 2 N–H and O–H groups in total. The molecule has 0 atom stereocenters. The maximum absolute atomic E-state index is 13.2. The predicted octanol–water partition coefficient (Wildman–Crippen LogP) is 3.94. The van der Waals surface area contributed by atoms with Gasteiger partial charge in [-0.1, -0.05) is 32.4 Å². The normalized spacial score (nSPS) is 17.0. The van der Waals surface area contributed by atoms with Crippen molar-refractivity contribution in [1.29, 1.82) is 0 Å². The SMILES string of the molecule is CC(C)(C)c1cc(C(=O)N2CCS(=O)(=O)CC2)c(NC(=O)Nc2ccc3c(c2Cl)OCO3)s1. The van der Waals surface area contributed by atoms with Gasteiger partial charge in [0.05, 0.1) is 22.8 Å². The number of thiophene rings is 1. The average molecular weight is 514 g/mol. The van der Waals surface area contributed by atoms with Crippen LogP contribution in [0.1, 0.15) is 36.0 Å². The fourth-order valence-corrected chi connectivity index (χ4v) is 5.95. The summed E-state index contributed by atoms with van der Waals surface area (Å²) in [6, 6.07) is 4.43. The first-order valence-corrected chi connectivity index (χ1v) is 13.3. The Morgan fingerprint density at radius 3 is 2.48 bits per heavy atom. The second kappa shape index (κ2) is 8.69. The standard InChI is InChI=1S/C21H24ClN3O6S2/c1-21(2,3)15-10-12(19(26)25-6-8-33(28,29)9-7-25)18(32-15)24-20(27)23-13-4-5-14-17(16(13)22)31-11-30-14/h4-5,10H,6-9,11H2,1-3H3,(H2,23,24,27). The number of benzene rings is 1. The van der Waals surface area contributed by atoms with Crippen molar-refractivity contribution < 1.29 is 27.5 Å². The molecule has 0 unspecified atom stereocenters. The Morgan fingerprint density at radius 1 is 1.12 bits per heavy atom. The summed E-state index contributed by atoms with van der Waals surface area (Å²) in [5.41, 5.74) is 0.415. The number of rotatable bonds is 3. The number of halogens is 1. The summed E-state index contributed by atoms with van der Waals surface area (Å²) < 4.78 is 34.1. The Labute approximate surface area is 200 Å². The van der Waals surface area contributed by atoms with E-state index < -0.39 is 15.9 Å². The second-order valence-electron chi connectivity index (χ2n) is 8.79. The van der Waals surface area contributed by atoms with Crippen LogP contribution in [0.15, 0.2) is 18.2 Å². The Balaban J connectivity index is 1.56. The summed E-state index contributed by atoms with van der Waals surface area (Å²) >= 11 is 7.62. The number of carbonyl (C=O) groups excluding carboxylic acids is 2. The van der Waals surface area contributed by atoms with Crippen LogP contribution in [-0.4, -0.2) is 56.6 Å². The van der Waals surface area contributed by atoms with E-state index >= 15 is 0 Å². The highest BCUT2D eigenvalue weighted by molar-refractivity contribution is 7.91. The molecular weight excluding hydrogens is 490 g/mol. The zero-order valence-electron chi connectivity index (χ0n) is 18.4. The number of nitrogens with one attached hydrogen (secondary N) is 2. The first-order valence-electron chi connectivity index (χ1n) is 10.2. The Hall–Kier alpha value is -2.50. The van der Waals surface area contributed by atoms with Crippen LogP contribution >= 0.6 is 22.9 Å². The van der Waals surface area contributed by atoms with Crippen LogP contribution in [0.5, 0.6) is 11.5 Å². The van der Waals surface area contributed by atoms with Crippen molar-refractivity contribution in [3.63, 3.8) is 0 Å². The molecule has 0 saturated carbocycles. The molecule has 2 aromatic rings. The summed E-state index contributed by atoms with van der Waals surface area (Å²) in [5, 5.41) is 6.03. The number of urea groups is 1. The van der Waals surface area contributed by atoms with Gasteiger partial charge in [-0.25, -0.2) is 13.2 Å². The molecule has 4 rings (SSSR count). The summed E-state index contributed by atoms with van der Waals surface area (Å²) in [4.78, 5) is 28.4. The number of sulfone groups is 1. The summed E-state index contributed by atoms with van der Waals surface area (Å²) in [6.45, 7) is 6.34. The van der Waals surface area contributed by atoms with Crippen molar-refractivity contribution in [1.82, 2.24) is 4.90 Å². The van der Waals surface area contributed by atoms with Crippen molar-refractivity contribution in [3.05, 3.63) is 33.7 Å². The molecule has 1 aromatic heterocycles. The minimum atomic E-state index is -3.12. The van der Waals surface area contributed by atoms with E-state index in [9.17, 15) is 18.0 Å². The number of amides is 3. The number of fused-ring (bicyclic) bond motifs is 1. The molecule has 0 bridgehead atoms. The van der Waals surface area contributed by atoms with E-state index in [1.807, 2.05) is 20.8 Å². The molecule has 178 valence electrons. The van der Waals surface area contributed by atoms with Gasteiger partial charge in [0.25, 0.3) is 5.91 Å². The summed E-state index contributed by atoms with van der Waals surface area (Å²) in [6.07, 6.45) is 0. The highest BCUT2D eigenvalue weighted by Gasteiger charge is 2.30. The van der Waals surface area contributed by atoms with Gasteiger partial charge in [-0.05, 0) is 23.6 Å². The smallest absolute Gasteiger partial charge is 0.324 e. The molecule has 33 heavy (non-hydrogen) atoms. The fourth-order valence-electron chi connectivity index (χ4n) is 3.39. The highest BCUT2D eigenvalue weighted by atomic mass is 35.5. The molecule has 0 spiro atoms. The Morgan fingerprint density at radius 2 is 1.82 bits per heavy atom. The number of hydrogen-bond donors (Lipinski definition) is 2. The average Bonchev–Trinajstić information content (AvgIpc) is 3.37. The van der Waals surface area contributed by atoms with Gasteiger partial charge in [0.1, 0.15) is 10.0 Å². The largest absolute Gasteiger partial charge is 0.454 e. The van der Waals surface area contributed by atoms with Crippen LogP contribution in [0.3, 0.4) is 0 Å².